The molecule has 1 aliphatic rings. The summed E-state index contributed by atoms with van der Waals surface area (Å²) in [6, 6.07) is 0. The van der Waals surface area contributed by atoms with Gasteiger partial charge in [-0.2, -0.15) is 0 Å². The summed E-state index contributed by atoms with van der Waals surface area (Å²) in [5.74, 6) is -1.36. The van der Waals surface area contributed by atoms with Crippen LogP contribution in [0.15, 0.2) is 24.4 Å². The summed E-state index contributed by atoms with van der Waals surface area (Å²) in [5, 5.41) is 11.0. The number of aromatic nitrogens is 2. The second kappa shape index (κ2) is 5.90. The van der Waals surface area contributed by atoms with Gasteiger partial charge < -0.3 is 10.4 Å². The number of carboxylic acid groups (broad SMARTS) is 1. The van der Waals surface area contributed by atoms with Crippen molar-refractivity contribution in [2.45, 2.75) is 12.8 Å². The van der Waals surface area contributed by atoms with Crippen molar-refractivity contribution >= 4 is 18.0 Å². The van der Waals surface area contributed by atoms with Crippen LogP contribution in [-0.4, -0.2) is 33.5 Å². The number of aliphatic carboxylic acids is 1. The monoisotopic (exact) mass is 259 g/mol. The van der Waals surface area contributed by atoms with Crippen molar-refractivity contribution in [3.8, 4) is 0 Å². The van der Waals surface area contributed by atoms with Crippen LogP contribution in [0.4, 0.5) is 0 Å². The molecule has 2 rings (SSSR count). The normalized spacial score (nSPS) is 12.6. The van der Waals surface area contributed by atoms with Crippen LogP contribution >= 0.6 is 0 Å². The zero-order valence-corrected chi connectivity index (χ0v) is 10.2. The fourth-order valence-corrected chi connectivity index (χ4v) is 1.61. The lowest BCUT2D eigenvalue weighted by atomic mass is 10.2. The van der Waals surface area contributed by atoms with Gasteiger partial charge in [0.05, 0.1) is 24.0 Å². The summed E-state index contributed by atoms with van der Waals surface area (Å²) in [7, 11) is 0. The van der Waals surface area contributed by atoms with Gasteiger partial charge in [0, 0.05) is 13.0 Å². The molecular formula is C13H13N3O3. The zero-order chi connectivity index (χ0) is 13.7. The molecular weight excluding hydrogens is 246 g/mol. The van der Waals surface area contributed by atoms with E-state index >= 15 is 0 Å². The number of rotatable bonds is 4. The number of nitrogens with zero attached hydrogens (tertiary/aromatic N) is 2. The second-order valence-corrected chi connectivity index (χ2v) is 3.98. The highest BCUT2D eigenvalue weighted by molar-refractivity contribution is 5.92. The highest BCUT2D eigenvalue weighted by Gasteiger charge is 2.12. The van der Waals surface area contributed by atoms with E-state index in [1.54, 1.807) is 0 Å². The summed E-state index contributed by atoms with van der Waals surface area (Å²) in [6.45, 7) is 0.0761. The molecule has 0 spiro atoms. The minimum absolute atomic E-state index is 0.0761. The number of carbonyl (C=O) groups excluding carboxylic acids is 1. The average Bonchev–Trinajstić information content (AvgIpc) is 2.62. The molecule has 1 amide bonds. The molecule has 0 atom stereocenters. The fourth-order valence-electron chi connectivity index (χ4n) is 1.61. The van der Waals surface area contributed by atoms with E-state index in [9.17, 15) is 9.59 Å². The van der Waals surface area contributed by atoms with Crippen molar-refractivity contribution in [3.63, 3.8) is 0 Å². The highest BCUT2D eigenvalue weighted by atomic mass is 16.4. The van der Waals surface area contributed by atoms with Crippen LogP contribution in [0.2, 0.25) is 0 Å². The minimum atomic E-state index is -0.955. The van der Waals surface area contributed by atoms with Crippen LogP contribution < -0.4 is 5.32 Å². The summed E-state index contributed by atoms with van der Waals surface area (Å²) >= 11 is 0. The van der Waals surface area contributed by atoms with Gasteiger partial charge in [-0.05, 0) is 6.08 Å². The molecule has 0 bridgehead atoms. The Labute approximate surface area is 109 Å². The number of allylic oxidation sites excluding steroid dienone is 3. The third-order valence-electron chi connectivity index (χ3n) is 2.55. The molecule has 6 nitrogen and oxygen atoms in total. The van der Waals surface area contributed by atoms with E-state index in [4.69, 9.17) is 5.11 Å². The Morgan fingerprint density at radius 3 is 3.00 bits per heavy atom. The summed E-state index contributed by atoms with van der Waals surface area (Å²) in [5.41, 5.74) is 1.68. The van der Waals surface area contributed by atoms with Crippen LogP contribution in [0.3, 0.4) is 0 Å². The maximum atomic E-state index is 11.8. The van der Waals surface area contributed by atoms with E-state index in [0.29, 0.717) is 6.42 Å². The molecule has 2 N–H and O–H groups in total. The Bertz CT molecular complexity index is 564. The number of carboxylic acids is 1. The molecule has 0 saturated heterocycles. The van der Waals surface area contributed by atoms with Crippen molar-refractivity contribution in [1.82, 2.24) is 15.3 Å². The van der Waals surface area contributed by atoms with Gasteiger partial charge in [0.15, 0.2) is 0 Å². The van der Waals surface area contributed by atoms with Crippen molar-refractivity contribution in [3.05, 3.63) is 41.5 Å². The molecule has 0 saturated carbocycles. The quantitative estimate of drug-likeness (QED) is 0.834. The molecule has 1 aliphatic carbocycles. The highest BCUT2D eigenvalue weighted by Crippen LogP contribution is 2.11. The van der Waals surface area contributed by atoms with Crippen LogP contribution in [-0.2, 0) is 11.2 Å². The average molecular weight is 259 g/mol. The Balaban J connectivity index is 2.07. The van der Waals surface area contributed by atoms with Crippen LogP contribution in [0, 0.1) is 0 Å². The molecule has 0 fully saturated rings. The maximum absolute atomic E-state index is 11.8. The molecule has 6 heteroatoms. The third-order valence-corrected chi connectivity index (χ3v) is 2.55. The van der Waals surface area contributed by atoms with Gasteiger partial charge in [0.25, 0.3) is 5.91 Å². The lowest BCUT2D eigenvalue weighted by Crippen LogP contribution is -2.27. The van der Waals surface area contributed by atoms with E-state index in [1.807, 2.05) is 24.3 Å². The molecule has 1 aromatic rings. The predicted octanol–water partition coefficient (Wildman–Crippen LogP) is 0.807. The SMILES string of the molecule is O=C(O)CCNC(=O)c1cnc2c(n1)CC=CC=C2. The van der Waals surface area contributed by atoms with Crippen LogP contribution in [0.1, 0.15) is 28.3 Å². The van der Waals surface area contributed by atoms with Gasteiger partial charge in [-0.3, -0.25) is 14.6 Å². The van der Waals surface area contributed by atoms with Gasteiger partial charge in [-0.25, -0.2) is 4.98 Å². The third kappa shape index (κ3) is 3.48. The topological polar surface area (TPSA) is 92.2 Å². The summed E-state index contributed by atoms with van der Waals surface area (Å²) in [6.07, 6.45) is 9.43. The Morgan fingerprint density at radius 2 is 2.21 bits per heavy atom. The van der Waals surface area contributed by atoms with Crippen molar-refractivity contribution in [2.75, 3.05) is 6.54 Å². The van der Waals surface area contributed by atoms with E-state index in [2.05, 4.69) is 15.3 Å². The first-order chi connectivity index (χ1) is 9.16. The molecule has 0 radical (unpaired) electrons. The number of amides is 1. The van der Waals surface area contributed by atoms with Gasteiger partial charge in [-0.1, -0.05) is 18.2 Å². The van der Waals surface area contributed by atoms with Gasteiger partial charge >= 0.3 is 5.97 Å². The van der Waals surface area contributed by atoms with E-state index < -0.39 is 11.9 Å². The number of hydrogen-bond donors (Lipinski definition) is 2. The minimum Gasteiger partial charge on any atom is -0.481 e. The van der Waals surface area contributed by atoms with Crippen molar-refractivity contribution < 1.29 is 14.7 Å². The first-order valence-corrected chi connectivity index (χ1v) is 5.86. The Kier molecular flexibility index (Phi) is 4.02. The number of hydrogen-bond acceptors (Lipinski definition) is 4. The Hall–Kier alpha value is -2.50. The lowest BCUT2D eigenvalue weighted by molar-refractivity contribution is -0.136. The fraction of sp³-hybridized carbons (Fsp3) is 0.231. The van der Waals surface area contributed by atoms with Gasteiger partial charge in [-0.15, -0.1) is 0 Å². The lowest BCUT2D eigenvalue weighted by Gasteiger charge is -2.06. The molecule has 1 heterocycles. The number of fused-ring (bicyclic) bond motifs is 1. The summed E-state index contributed by atoms with van der Waals surface area (Å²) in [4.78, 5) is 30.5. The largest absolute Gasteiger partial charge is 0.481 e. The first kappa shape index (κ1) is 12.9. The zero-order valence-electron chi connectivity index (χ0n) is 10.2. The Morgan fingerprint density at radius 1 is 1.37 bits per heavy atom. The number of carbonyl (C=O) groups is 2. The molecule has 0 aliphatic heterocycles. The second-order valence-electron chi connectivity index (χ2n) is 3.98. The molecule has 0 unspecified atom stereocenters. The number of nitrogens with one attached hydrogen (secondary N) is 1. The van der Waals surface area contributed by atoms with Gasteiger partial charge in [0.2, 0.25) is 0 Å². The smallest absolute Gasteiger partial charge is 0.305 e. The molecule has 1 aromatic heterocycles. The molecule has 98 valence electrons. The summed E-state index contributed by atoms with van der Waals surface area (Å²) < 4.78 is 0. The maximum Gasteiger partial charge on any atom is 0.305 e. The van der Waals surface area contributed by atoms with Crippen LogP contribution in [0.5, 0.6) is 0 Å². The predicted molar refractivity (Wildman–Crippen MR) is 68.5 cm³/mol. The standard InChI is InChI=1S/C13H13N3O3/c17-12(18)6-7-14-13(19)11-8-15-9-4-2-1-3-5-10(9)16-11/h1-4,8H,5-7H2,(H,14,19)(H,17,18). The molecule has 19 heavy (non-hydrogen) atoms. The first-order valence-electron chi connectivity index (χ1n) is 5.86. The van der Waals surface area contributed by atoms with Gasteiger partial charge in [0.1, 0.15) is 5.69 Å². The van der Waals surface area contributed by atoms with Crippen molar-refractivity contribution in [1.29, 1.82) is 0 Å². The van der Waals surface area contributed by atoms with Crippen LogP contribution in [0.25, 0.3) is 6.08 Å². The van der Waals surface area contributed by atoms with E-state index in [-0.39, 0.29) is 18.7 Å². The van der Waals surface area contributed by atoms with E-state index in [0.717, 1.165) is 11.4 Å². The molecule has 0 aromatic carbocycles. The van der Waals surface area contributed by atoms with E-state index in [1.165, 1.54) is 6.20 Å². The van der Waals surface area contributed by atoms with Crippen molar-refractivity contribution in [2.24, 2.45) is 0 Å².